The fourth-order valence-corrected chi connectivity index (χ4v) is 2.72. The van der Waals surface area contributed by atoms with Crippen molar-refractivity contribution in [2.75, 3.05) is 26.0 Å². The minimum Gasteiger partial charge on any atom is -0.383 e. The monoisotopic (exact) mass is 303 g/mol. The zero-order valence-electron chi connectivity index (χ0n) is 12.7. The minimum atomic E-state index is -3.03. The summed E-state index contributed by atoms with van der Waals surface area (Å²) in [5.41, 5.74) is 0.998. The Morgan fingerprint density at radius 2 is 2.15 bits per heavy atom. The lowest BCUT2D eigenvalue weighted by atomic mass is 10.4. The van der Waals surface area contributed by atoms with Gasteiger partial charge in [-0.25, -0.2) is 13.4 Å². The SMILES string of the molecule is COCCNCc1cnc(C)n1CCS(=O)(=O)C(C)C. The molecule has 0 aliphatic rings. The number of nitrogens with zero attached hydrogens (tertiary/aromatic N) is 2. The van der Waals surface area contributed by atoms with Gasteiger partial charge in [0.15, 0.2) is 9.84 Å². The Kier molecular flexibility index (Phi) is 6.64. The van der Waals surface area contributed by atoms with Gasteiger partial charge in [-0.3, -0.25) is 0 Å². The predicted molar refractivity (Wildman–Crippen MR) is 79.5 cm³/mol. The van der Waals surface area contributed by atoms with Crippen LogP contribution in [0.2, 0.25) is 0 Å². The van der Waals surface area contributed by atoms with Crippen LogP contribution >= 0.6 is 0 Å². The van der Waals surface area contributed by atoms with Crippen LogP contribution in [0.3, 0.4) is 0 Å². The number of rotatable bonds is 9. The number of nitrogens with one attached hydrogen (secondary N) is 1. The number of hydrogen-bond acceptors (Lipinski definition) is 5. The van der Waals surface area contributed by atoms with E-state index >= 15 is 0 Å². The van der Waals surface area contributed by atoms with Gasteiger partial charge in [0.1, 0.15) is 5.82 Å². The highest BCUT2D eigenvalue weighted by molar-refractivity contribution is 7.91. The molecule has 0 aliphatic heterocycles. The van der Waals surface area contributed by atoms with E-state index < -0.39 is 9.84 Å². The molecule has 1 aromatic heterocycles. The van der Waals surface area contributed by atoms with E-state index in [9.17, 15) is 8.42 Å². The third kappa shape index (κ3) is 4.88. The molecule has 0 bridgehead atoms. The molecule has 20 heavy (non-hydrogen) atoms. The Labute approximate surface area is 121 Å². The van der Waals surface area contributed by atoms with E-state index in [1.165, 1.54) is 0 Å². The zero-order chi connectivity index (χ0) is 15.2. The van der Waals surface area contributed by atoms with Crippen LogP contribution in [0, 0.1) is 6.92 Å². The largest absolute Gasteiger partial charge is 0.383 e. The van der Waals surface area contributed by atoms with E-state index in [2.05, 4.69) is 10.3 Å². The Hall–Kier alpha value is -0.920. The van der Waals surface area contributed by atoms with Gasteiger partial charge >= 0.3 is 0 Å². The minimum absolute atomic E-state index is 0.146. The van der Waals surface area contributed by atoms with Crippen molar-refractivity contribution in [3.05, 3.63) is 17.7 Å². The molecule has 1 heterocycles. The van der Waals surface area contributed by atoms with Crippen LogP contribution in [0.25, 0.3) is 0 Å². The molecule has 0 unspecified atom stereocenters. The number of imidazole rings is 1. The van der Waals surface area contributed by atoms with Crippen molar-refractivity contribution in [3.63, 3.8) is 0 Å². The summed E-state index contributed by atoms with van der Waals surface area (Å²) in [6, 6.07) is 0. The lowest BCUT2D eigenvalue weighted by Crippen LogP contribution is -2.24. The summed E-state index contributed by atoms with van der Waals surface area (Å²) in [4.78, 5) is 4.26. The Bertz CT molecular complexity index is 509. The van der Waals surface area contributed by atoms with Crippen LogP contribution in [-0.4, -0.2) is 49.2 Å². The average molecular weight is 303 g/mol. The first-order chi connectivity index (χ1) is 9.38. The second kappa shape index (κ2) is 7.75. The molecule has 1 aromatic rings. The van der Waals surface area contributed by atoms with Crippen LogP contribution in [0.15, 0.2) is 6.20 Å². The van der Waals surface area contributed by atoms with Crippen LogP contribution in [0.5, 0.6) is 0 Å². The normalized spacial score (nSPS) is 12.2. The second-order valence-corrected chi connectivity index (χ2v) is 7.71. The van der Waals surface area contributed by atoms with E-state index in [1.54, 1.807) is 27.2 Å². The van der Waals surface area contributed by atoms with Crippen molar-refractivity contribution < 1.29 is 13.2 Å². The number of aromatic nitrogens is 2. The fourth-order valence-electron chi connectivity index (χ4n) is 1.81. The topological polar surface area (TPSA) is 73.2 Å². The molecular formula is C13H25N3O3S. The van der Waals surface area contributed by atoms with Crippen LogP contribution in [-0.2, 0) is 27.7 Å². The maximum Gasteiger partial charge on any atom is 0.154 e. The Balaban J connectivity index is 2.63. The lowest BCUT2D eigenvalue weighted by Gasteiger charge is -2.13. The van der Waals surface area contributed by atoms with Gasteiger partial charge in [0.2, 0.25) is 0 Å². The first-order valence-electron chi connectivity index (χ1n) is 6.80. The number of sulfone groups is 1. The summed E-state index contributed by atoms with van der Waals surface area (Å²) < 4.78 is 30.7. The molecule has 0 fully saturated rings. The summed E-state index contributed by atoms with van der Waals surface area (Å²) >= 11 is 0. The Morgan fingerprint density at radius 3 is 2.75 bits per heavy atom. The van der Waals surface area contributed by atoms with Crippen molar-refractivity contribution in [2.45, 2.75) is 39.1 Å². The van der Waals surface area contributed by atoms with Crippen molar-refractivity contribution >= 4 is 9.84 Å². The summed E-state index contributed by atoms with van der Waals surface area (Å²) in [5, 5.41) is 2.90. The highest BCUT2D eigenvalue weighted by Gasteiger charge is 2.17. The summed E-state index contributed by atoms with van der Waals surface area (Å²) in [7, 11) is -1.37. The maximum absolute atomic E-state index is 11.9. The van der Waals surface area contributed by atoms with Crippen molar-refractivity contribution in [1.29, 1.82) is 0 Å². The van der Waals surface area contributed by atoms with E-state index in [1.807, 2.05) is 11.5 Å². The predicted octanol–water partition coefficient (Wildman–Crippen LogP) is 0.751. The molecule has 1 N–H and O–H groups in total. The zero-order valence-corrected chi connectivity index (χ0v) is 13.5. The molecule has 0 radical (unpaired) electrons. The van der Waals surface area contributed by atoms with Gasteiger partial charge in [-0.2, -0.15) is 0 Å². The van der Waals surface area contributed by atoms with E-state index in [0.717, 1.165) is 18.1 Å². The number of hydrogen-bond donors (Lipinski definition) is 1. The molecule has 6 nitrogen and oxygen atoms in total. The summed E-state index contributed by atoms with van der Waals surface area (Å²) in [6.45, 7) is 7.83. The molecule has 116 valence electrons. The molecule has 0 saturated carbocycles. The van der Waals surface area contributed by atoms with E-state index in [0.29, 0.717) is 19.7 Å². The van der Waals surface area contributed by atoms with Gasteiger partial charge in [-0.05, 0) is 20.8 Å². The summed E-state index contributed by atoms with van der Waals surface area (Å²) in [5.74, 6) is 0.986. The standard InChI is InChI=1S/C13H25N3O3S/c1-11(2)20(17,18)8-6-16-12(3)15-10-13(16)9-14-5-7-19-4/h10-11,14H,5-9H2,1-4H3. The smallest absolute Gasteiger partial charge is 0.154 e. The number of aryl methyl sites for hydroxylation is 1. The maximum atomic E-state index is 11.9. The van der Waals surface area contributed by atoms with Crippen LogP contribution < -0.4 is 5.32 Å². The van der Waals surface area contributed by atoms with Gasteiger partial charge in [-0.15, -0.1) is 0 Å². The molecule has 0 saturated heterocycles. The van der Waals surface area contributed by atoms with Gasteiger partial charge in [0.25, 0.3) is 0 Å². The highest BCUT2D eigenvalue weighted by atomic mass is 32.2. The molecule has 1 rings (SSSR count). The summed E-state index contributed by atoms with van der Waals surface area (Å²) in [6.07, 6.45) is 1.79. The molecular weight excluding hydrogens is 278 g/mol. The first kappa shape index (κ1) is 17.1. The van der Waals surface area contributed by atoms with Crippen LogP contribution in [0.1, 0.15) is 25.4 Å². The van der Waals surface area contributed by atoms with Crippen molar-refractivity contribution in [3.8, 4) is 0 Å². The fraction of sp³-hybridized carbons (Fsp3) is 0.769. The van der Waals surface area contributed by atoms with Crippen molar-refractivity contribution in [2.24, 2.45) is 0 Å². The molecule has 0 aliphatic carbocycles. The van der Waals surface area contributed by atoms with Gasteiger partial charge in [-0.1, -0.05) is 0 Å². The van der Waals surface area contributed by atoms with E-state index in [4.69, 9.17) is 4.74 Å². The average Bonchev–Trinajstić information content (AvgIpc) is 2.73. The molecule has 7 heteroatoms. The molecule has 0 aromatic carbocycles. The number of ether oxygens (including phenoxy) is 1. The molecule has 0 spiro atoms. The third-order valence-electron chi connectivity index (χ3n) is 3.24. The number of methoxy groups -OCH3 is 1. The van der Waals surface area contributed by atoms with Crippen molar-refractivity contribution in [1.82, 2.24) is 14.9 Å². The van der Waals surface area contributed by atoms with Gasteiger partial charge in [0, 0.05) is 32.9 Å². The highest BCUT2D eigenvalue weighted by Crippen LogP contribution is 2.08. The second-order valence-electron chi connectivity index (χ2n) is 5.03. The van der Waals surface area contributed by atoms with Gasteiger partial charge < -0.3 is 14.6 Å². The van der Waals surface area contributed by atoms with E-state index in [-0.39, 0.29) is 11.0 Å². The molecule has 0 atom stereocenters. The van der Waals surface area contributed by atoms with Crippen LogP contribution in [0.4, 0.5) is 0 Å². The van der Waals surface area contributed by atoms with Gasteiger partial charge in [0.05, 0.1) is 23.3 Å². The first-order valence-corrected chi connectivity index (χ1v) is 8.52. The Morgan fingerprint density at radius 1 is 1.45 bits per heavy atom. The molecule has 0 amide bonds. The lowest BCUT2D eigenvalue weighted by molar-refractivity contribution is 0.199. The quantitative estimate of drug-likeness (QED) is 0.682. The third-order valence-corrected chi connectivity index (χ3v) is 5.43.